The van der Waals surface area contributed by atoms with E-state index in [0.29, 0.717) is 47.6 Å². The fourth-order valence-electron chi connectivity index (χ4n) is 8.60. The van der Waals surface area contributed by atoms with Crippen molar-refractivity contribution in [1.29, 1.82) is 0 Å². The SMILES string of the molecule is COc1cc2nn(C3CCC(CN4CCN(c5cccc6c5c(C)nn6C5CCC(=O)NC5=O)CC4)CC3)cc2cc1C(=O)Nc1cnc2cccnn12. The molecule has 1 saturated carbocycles. The van der Waals surface area contributed by atoms with E-state index in [-0.39, 0.29) is 17.7 Å². The second-order valence-corrected chi connectivity index (χ2v) is 14.7. The van der Waals surface area contributed by atoms with Gasteiger partial charge in [0.15, 0.2) is 11.5 Å². The van der Waals surface area contributed by atoms with Crippen LogP contribution in [-0.4, -0.2) is 96.6 Å². The number of aromatic nitrogens is 7. The van der Waals surface area contributed by atoms with Crippen LogP contribution in [0.25, 0.3) is 27.5 Å². The van der Waals surface area contributed by atoms with E-state index in [1.165, 1.54) is 0 Å². The number of hydrogen-bond acceptors (Lipinski definition) is 10. The van der Waals surface area contributed by atoms with E-state index in [1.54, 1.807) is 30.1 Å². The van der Waals surface area contributed by atoms with Crippen molar-refractivity contribution in [2.24, 2.45) is 5.92 Å². The van der Waals surface area contributed by atoms with Crippen LogP contribution in [0.5, 0.6) is 5.75 Å². The summed E-state index contributed by atoms with van der Waals surface area (Å²) >= 11 is 0. The Morgan fingerprint density at radius 2 is 1.83 bits per heavy atom. The third-order valence-corrected chi connectivity index (χ3v) is 11.4. The number of piperazine rings is 1. The minimum atomic E-state index is -0.475. The Kier molecular flexibility index (Phi) is 8.72. The number of hydrogen-bond donors (Lipinski definition) is 2. The molecule has 2 aromatic carbocycles. The molecule has 3 aliphatic rings. The number of benzene rings is 2. The molecule has 4 aromatic heterocycles. The Bertz CT molecular complexity index is 2400. The number of nitrogens with zero attached hydrogens (tertiary/aromatic N) is 9. The number of aryl methyl sites for hydroxylation is 1. The lowest BCUT2D eigenvalue weighted by Crippen LogP contribution is -2.48. The second-order valence-electron chi connectivity index (χ2n) is 14.7. The summed E-state index contributed by atoms with van der Waals surface area (Å²) in [4.78, 5) is 47.2. The zero-order chi connectivity index (χ0) is 36.9. The number of ether oxygens (including phenoxy) is 1. The predicted octanol–water partition coefficient (Wildman–Crippen LogP) is 4.53. The predicted molar refractivity (Wildman–Crippen MR) is 203 cm³/mol. The van der Waals surface area contributed by atoms with Crippen LogP contribution in [0.3, 0.4) is 0 Å². The molecule has 3 fully saturated rings. The monoisotopic (exact) mass is 729 g/mol. The van der Waals surface area contributed by atoms with Gasteiger partial charge in [0.05, 0.1) is 41.6 Å². The van der Waals surface area contributed by atoms with E-state index >= 15 is 0 Å². The fourth-order valence-corrected chi connectivity index (χ4v) is 8.60. The van der Waals surface area contributed by atoms with Gasteiger partial charge < -0.3 is 15.0 Å². The lowest BCUT2D eigenvalue weighted by atomic mass is 9.85. The van der Waals surface area contributed by atoms with Gasteiger partial charge in [0.25, 0.3) is 11.8 Å². The van der Waals surface area contributed by atoms with Gasteiger partial charge in [-0.25, -0.2) is 4.98 Å². The number of amides is 3. The normalized spacial score (nSPS) is 21.2. The lowest BCUT2D eigenvalue weighted by Gasteiger charge is -2.39. The summed E-state index contributed by atoms with van der Waals surface area (Å²) in [6.07, 6.45) is 10.5. The van der Waals surface area contributed by atoms with Gasteiger partial charge in [-0.05, 0) is 75.3 Å². The van der Waals surface area contributed by atoms with Crippen molar-refractivity contribution in [1.82, 2.24) is 44.4 Å². The highest BCUT2D eigenvalue weighted by Gasteiger charge is 2.32. The quantitative estimate of drug-likeness (QED) is 0.214. The zero-order valence-corrected chi connectivity index (χ0v) is 30.4. The van der Waals surface area contributed by atoms with Crippen molar-refractivity contribution in [3.05, 3.63) is 72.3 Å². The number of nitrogens with one attached hydrogen (secondary N) is 2. The van der Waals surface area contributed by atoms with Crippen LogP contribution in [0.2, 0.25) is 0 Å². The maximum absolute atomic E-state index is 13.4. The molecule has 2 N–H and O–H groups in total. The van der Waals surface area contributed by atoms with Crippen molar-refractivity contribution in [2.45, 2.75) is 57.5 Å². The van der Waals surface area contributed by atoms with Gasteiger partial charge >= 0.3 is 0 Å². The Morgan fingerprint density at radius 1 is 1.00 bits per heavy atom. The molecule has 15 heteroatoms. The molecule has 0 radical (unpaired) electrons. The molecule has 54 heavy (non-hydrogen) atoms. The average Bonchev–Trinajstić information content (AvgIpc) is 3.90. The van der Waals surface area contributed by atoms with Crippen LogP contribution < -0.4 is 20.3 Å². The van der Waals surface area contributed by atoms with E-state index in [9.17, 15) is 14.4 Å². The summed E-state index contributed by atoms with van der Waals surface area (Å²) < 4.78 is 11.1. The minimum absolute atomic E-state index is 0.221. The van der Waals surface area contributed by atoms with Gasteiger partial charge in [-0.3, -0.25) is 34.0 Å². The van der Waals surface area contributed by atoms with Crippen LogP contribution in [0.1, 0.15) is 66.7 Å². The highest BCUT2D eigenvalue weighted by Crippen LogP contribution is 2.36. The van der Waals surface area contributed by atoms with Gasteiger partial charge in [0.2, 0.25) is 5.91 Å². The van der Waals surface area contributed by atoms with Crippen molar-refractivity contribution in [3.63, 3.8) is 0 Å². The molecule has 1 unspecified atom stereocenters. The van der Waals surface area contributed by atoms with Crippen LogP contribution in [-0.2, 0) is 9.59 Å². The Labute approximate surface area is 311 Å². The first kappa shape index (κ1) is 34.0. The van der Waals surface area contributed by atoms with Gasteiger partial charge in [0.1, 0.15) is 11.8 Å². The van der Waals surface area contributed by atoms with E-state index < -0.39 is 6.04 Å². The molecule has 1 aliphatic carbocycles. The first-order valence-corrected chi connectivity index (χ1v) is 18.8. The van der Waals surface area contributed by atoms with Crippen LogP contribution in [0.4, 0.5) is 11.5 Å². The molecular formula is C39H43N11O4. The molecule has 2 aliphatic heterocycles. The van der Waals surface area contributed by atoms with Crippen molar-refractivity contribution in [3.8, 4) is 5.75 Å². The zero-order valence-electron chi connectivity index (χ0n) is 30.4. The minimum Gasteiger partial charge on any atom is -0.496 e. The summed E-state index contributed by atoms with van der Waals surface area (Å²) in [5.74, 6) is 0.781. The Morgan fingerprint density at radius 3 is 2.63 bits per heavy atom. The number of carbonyl (C=O) groups is 3. The van der Waals surface area contributed by atoms with Crippen LogP contribution in [0, 0.1) is 12.8 Å². The van der Waals surface area contributed by atoms with Crippen LogP contribution in [0.15, 0.2) is 61.1 Å². The first-order valence-electron chi connectivity index (χ1n) is 18.8. The topological polar surface area (TPSA) is 157 Å². The molecule has 6 aromatic rings. The number of rotatable bonds is 8. The molecule has 15 nitrogen and oxygen atoms in total. The van der Waals surface area contributed by atoms with E-state index in [0.717, 1.165) is 91.6 Å². The second kappa shape index (κ2) is 13.9. The number of imidazole rings is 1. The number of imide groups is 1. The smallest absolute Gasteiger partial charge is 0.260 e. The third kappa shape index (κ3) is 6.21. The van der Waals surface area contributed by atoms with E-state index in [2.05, 4.69) is 47.5 Å². The number of fused-ring (bicyclic) bond motifs is 3. The lowest BCUT2D eigenvalue weighted by molar-refractivity contribution is -0.135. The molecule has 1 atom stereocenters. The van der Waals surface area contributed by atoms with Gasteiger partial charge in [-0.1, -0.05) is 6.07 Å². The van der Waals surface area contributed by atoms with Crippen LogP contribution >= 0.6 is 0 Å². The number of anilines is 2. The molecule has 3 amide bonds. The van der Waals surface area contributed by atoms with Crippen molar-refractivity contribution >= 4 is 56.7 Å². The average molecular weight is 730 g/mol. The van der Waals surface area contributed by atoms with Gasteiger partial charge in [-0.15, -0.1) is 0 Å². The fraction of sp³-hybridized carbons (Fsp3) is 0.410. The summed E-state index contributed by atoms with van der Waals surface area (Å²) in [5, 5.41) is 21.4. The largest absolute Gasteiger partial charge is 0.496 e. The number of piperidine rings is 1. The molecule has 0 bridgehead atoms. The summed E-state index contributed by atoms with van der Waals surface area (Å²) in [6, 6.07) is 13.4. The maximum atomic E-state index is 13.4. The molecule has 2 saturated heterocycles. The Hall–Kier alpha value is -5.83. The maximum Gasteiger partial charge on any atom is 0.260 e. The summed E-state index contributed by atoms with van der Waals surface area (Å²) in [5.41, 5.74) is 4.86. The molecule has 6 heterocycles. The molecule has 278 valence electrons. The highest BCUT2D eigenvalue weighted by atomic mass is 16.5. The number of methoxy groups -OCH3 is 1. The van der Waals surface area contributed by atoms with E-state index in [4.69, 9.17) is 14.9 Å². The first-order chi connectivity index (χ1) is 26.3. The third-order valence-electron chi connectivity index (χ3n) is 11.4. The summed E-state index contributed by atoms with van der Waals surface area (Å²) in [6.45, 7) is 6.94. The van der Waals surface area contributed by atoms with Gasteiger partial charge in [0, 0.05) is 74.1 Å². The van der Waals surface area contributed by atoms with Crippen molar-refractivity contribution in [2.75, 3.05) is 50.1 Å². The van der Waals surface area contributed by atoms with Crippen molar-refractivity contribution < 1.29 is 19.1 Å². The summed E-state index contributed by atoms with van der Waals surface area (Å²) in [7, 11) is 1.56. The number of carbonyl (C=O) groups excluding carboxylic acids is 3. The molecular weight excluding hydrogens is 687 g/mol. The standard InChI is InChI=1S/C39H43N11O4/c1-24-37-30(5-3-6-31(37)49(44-24)32-12-13-36(51)43-39(32)53)47-17-15-46(16-18-47)22-25-8-10-27(11-9-25)48-23-26-19-28(33(54-2)20-29(26)45-48)38(52)42-35-21-40-34-7-4-14-41-50(34)35/h3-7,14,19-21,23,25,27,32H,8-13,15-18,22H2,1-2H3,(H,42,52)(H,43,51,53). The highest BCUT2D eigenvalue weighted by molar-refractivity contribution is 6.08. The molecule has 0 spiro atoms. The van der Waals surface area contributed by atoms with Gasteiger partial charge in [-0.2, -0.15) is 19.8 Å². The Balaban J connectivity index is 0.812. The molecule has 9 rings (SSSR count). The van der Waals surface area contributed by atoms with E-state index in [1.807, 2.05) is 41.9 Å².